The lowest BCUT2D eigenvalue weighted by molar-refractivity contribution is -0.136. The molecule has 0 aliphatic heterocycles. The van der Waals surface area contributed by atoms with Gasteiger partial charge in [0.05, 0.1) is 18.4 Å². The number of anilines is 1. The van der Waals surface area contributed by atoms with E-state index in [0.29, 0.717) is 22.1 Å². The Balaban J connectivity index is 1.70. The highest BCUT2D eigenvalue weighted by Crippen LogP contribution is 2.38. The second kappa shape index (κ2) is 8.83. The molecule has 2 aromatic heterocycles. The second-order valence-electron chi connectivity index (χ2n) is 6.24. The molecule has 1 aliphatic carbocycles. The summed E-state index contributed by atoms with van der Waals surface area (Å²) in [6, 6.07) is 3.44. The molecule has 0 radical (unpaired) electrons. The van der Waals surface area contributed by atoms with Gasteiger partial charge in [-0.05, 0) is 57.2 Å². The highest BCUT2D eigenvalue weighted by atomic mass is 32.1. The van der Waals surface area contributed by atoms with Crippen molar-refractivity contribution in [1.29, 1.82) is 0 Å². The maximum atomic E-state index is 12.4. The Morgan fingerprint density at radius 1 is 1.25 bits per heavy atom. The van der Waals surface area contributed by atoms with E-state index in [9.17, 15) is 14.4 Å². The maximum absolute atomic E-state index is 12.4. The number of esters is 1. The van der Waals surface area contributed by atoms with Crippen LogP contribution < -0.4 is 10.7 Å². The first-order valence-corrected chi connectivity index (χ1v) is 9.83. The number of carbonyl (C=O) groups is 3. The number of nitrogens with zero attached hydrogens (tertiary/aromatic N) is 1. The van der Waals surface area contributed by atoms with Crippen molar-refractivity contribution in [2.75, 3.05) is 11.9 Å². The van der Waals surface area contributed by atoms with Crippen LogP contribution in [-0.2, 0) is 27.2 Å². The molecule has 0 spiro atoms. The van der Waals surface area contributed by atoms with Crippen molar-refractivity contribution in [3.8, 4) is 0 Å². The number of amides is 2. The molecule has 0 atom stereocenters. The first-order chi connectivity index (χ1) is 13.5. The molecule has 0 bridgehead atoms. The van der Waals surface area contributed by atoms with Crippen molar-refractivity contribution in [1.82, 2.24) is 5.43 Å². The molecule has 2 aromatic rings. The molecule has 0 saturated heterocycles. The van der Waals surface area contributed by atoms with Crippen LogP contribution in [0.3, 0.4) is 0 Å². The van der Waals surface area contributed by atoms with E-state index >= 15 is 0 Å². The van der Waals surface area contributed by atoms with Crippen LogP contribution in [0.2, 0.25) is 0 Å². The van der Waals surface area contributed by atoms with Gasteiger partial charge in [-0.2, -0.15) is 5.10 Å². The fraction of sp³-hybridized carbons (Fsp3) is 0.368. The highest BCUT2D eigenvalue weighted by molar-refractivity contribution is 7.17. The van der Waals surface area contributed by atoms with Gasteiger partial charge < -0.3 is 14.5 Å². The Labute approximate surface area is 165 Å². The average molecular weight is 403 g/mol. The summed E-state index contributed by atoms with van der Waals surface area (Å²) < 4.78 is 10.4. The Hall–Kier alpha value is -2.94. The molecule has 28 heavy (non-hydrogen) atoms. The molecule has 148 valence electrons. The van der Waals surface area contributed by atoms with Gasteiger partial charge in [0.25, 0.3) is 0 Å². The highest BCUT2D eigenvalue weighted by Gasteiger charge is 2.28. The number of hydrogen-bond acceptors (Lipinski definition) is 7. The summed E-state index contributed by atoms with van der Waals surface area (Å²) >= 11 is 1.32. The number of fused-ring (bicyclic) bond motifs is 1. The summed E-state index contributed by atoms with van der Waals surface area (Å²) in [5.41, 5.74) is 3.42. The molecule has 2 heterocycles. The Morgan fingerprint density at radius 2 is 2.04 bits per heavy atom. The third-order valence-corrected chi connectivity index (χ3v) is 5.41. The van der Waals surface area contributed by atoms with Crippen LogP contribution in [0.25, 0.3) is 0 Å². The van der Waals surface area contributed by atoms with Gasteiger partial charge in [0.1, 0.15) is 16.5 Å². The normalized spacial score (nSPS) is 13.2. The van der Waals surface area contributed by atoms with Crippen molar-refractivity contribution in [3.63, 3.8) is 0 Å². The molecular weight excluding hydrogens is 382 g/mol. The molecule has 0 fully saturated rings. The second-order valence-corrected chi connectivity index (χ2v) is 7.34. The monoisotopic (exact) mass is 403 g/mol. The van der Waals surface area contributed by atoms with Crippen LogP contribution in [0.1, 0.15) is 52.1 Å². The van der Waals surface area contributed by atoms with Crippen molar-refractivity contribution >= 4 is 40.3 Å². The molecule has 0 aromatic carbocycles. The Morgan fingerprint density at radius 3 is 2.75 bits per heavy atom. The summed E-state index contributed by atoms with van der Waals surface area (Å²) in [7, 11) is 0. The molecule has 3 rings (SSSR count). The van der Waals surface area contributed by atoms with Crippen molar-refractivity contribution < 1.29 is 23.5 Å². The van der Waals surface area contributed by atoms with Crippen molar-refractivity contribution in [3.05, 3.63) is 39.7 Å². The van der Waals surface area contributed by atoms with E-state index in [4.69, 9.17) is 9.15 Å². The molecule has 0 unspecified atom stereocenters. The smallest absolute Gasteiger partial charge is 0.341 e. The standard InChI is InChI=1S/C19H21N3O5S/c1-3-26-19(25)15-13-6-4-5-7-14(13)28-18(15)21-16(23)17(24)22-20-10-12-9-8-11(2)27-12/h8-10H,3-7H2,1-2H3,(H,21,23)(H,22,24). The fourth-order valence-corrected chi connectivity index (χ4v) is 4.23. The van der Waals surface area contributed by atoms with Crippen LogP contribution in [0.4, 0.5) is 5.00 Å². The van der Waals surface area contributed by atoms with E-state index in [1.807, 2.05) is 0 Å². The largest absolute Gasteiger partial charge is 0.462 e. The zero-order chi connectivity index (χ0) is 20.1. The topological polar surface area (TPSA) is 110 Å². The first kappa shape index (κ1) is 19.8. The molecule has 2 amide bonds. The quantitative estimate of drug-likeness (QED) is 0.345. The van der Waals surface area contributed by atoms with Crippen LogP contribution >= 0.6 is 11.3 Å². The van der Waals surface area contributed by atoms with Gasteiger partial charge in [-0.3, -0.25) is 9.59 Å². The van der Waals surface area contributed by atoms with E-state index in [-0.39, 0.29) is 6.61 Å². The SMILES string of the molecule is CCOC(=O)c1c(NC(=O)C(=O)NN=Cc2ccc(C)o2)sc2c1CCCC2. The zero-order valence-electron chi connectivity index (χ0n) is 15.7. The van der Waals surface area contributed by atoms with Gasteiger partial charge in [0, 0.05) is 4.88 Å². The van der Waals surface area contributed by atoms with Gasteiger partial charge in [-0.15, -0.1) is 11.3 Å². The zero-order valence-corrected chi connectivity index (χ0v) is 16.5. The van der Waals surface area contributed by atoms with E-state index in [1.165, 1.54) is 17.6 Å². The average Bonchev–Trinajstić information content (AvgIpc) is 3.24. The minimum absolute atomic E-state index is 0.234. The lowest BCUT2D eigenvalue weighted by Crippen LogP contribution is -2.32. The predicted molar refractivity (Wildman–Crippen MR) is 105 cm³/mol. The summed E-state index contributed by atoms with van der Waals surface area (Å²) in [5, 5.41) is 6.57. The van der Waals surface area contributed by atoms with E-state index in [2.05, 4.69) is 15.8 Å². The minimum atomic E-state index is -0.944. The molecule has 1 aliphatic rings. The lowest BCUT2D eigenvalue weighted by atomic mass is 9.95. The number of aryl methyl sites for hydroxylation is 2. The number of nitrogens with one attached hydrogen (secondary N) is 2. The van der Waals surface area contributed by atoms with Crippen molar-refractivity contribution in [2.24, 2.45) is 5.10 Å². The summed E-state index contributed by atoms with van der Waals surface area (Å²) in [4.78, 5) is 37.7. The molecule has 9 heteroatoms. The van der Waals surface area contributed by atoms with Crippen LogP contribution in [0, 0.1) is 6.92 Å². The van der Waals surface area contributed by atoms with Gasteiger partial charge in [0.15, 0.2) is 0 Å². The minimum Gasteiger partial charge on any atom is -0.462 e. The molecule has 0 saturated carbocycles. The lowest BCUT2D eigenvalue weighted by Gasteiger charge is -2.12. The maximum Gasteiger partial charge on any atom is 0.341 e. The third kappa shape index (κ3) is 4.48. The number of furan rings is 1. The summed E-state index contributed by atoms with van der Waals surface area (Å²) in [6.07, 6.45) is 4.91. The number of hydrazone groups is 1. The van der Waals surface area contributed by atoms with Crippen molar-refractivity contribution in [2.45, 2.75) is 39.5 Å². The van der Waals surface area contributed by atoms with E-state index in [1.54, 1.807) is 26.0 Å². The number of hydrogen-bond donors (Lipinski definition) is 2. The van der Waals surface area contributed by atoms with Crippen LogP contribution in [-0.4, -0.2) is 30.6 Å². The molecular formula is C19H21N3O5S. The number of ether oxygens (including phenoxy) is 1. The fourth-order valence-electron chi connectivity index (χ4n) is 2.96. The third-order valence-electron chi connectivity index (χ3n) is 4.20. The van der Waals surface area contributed by atoms with E-state index < -0.39 is 17.8 Å². The number of carbonyl (C=O) groups excluding carboxylic acids is 3. The van der Waals surface area contributed by atoms with Gasteiger partial charge in [-0.25, -0.2) is 10.2 Å². The Kier molecular flexibility index (Phi) is 6.25. The van der Waals surface area contributed by atoms with E-state index in [0.717, 1.165) is 36.1 Å². The summed E-state index contributed by atoms with van der Waals surface area (Å²) in [5.74, 6) is -1.17. The number of rotatable bonds is 5. The van der Waals surface area contributed by atoms with Gasteiger partial charge in [-0.1, -0.05) is 0 Å². The number of thiophene rings is 1. The first-order valence-electron chi connectivity index (χ1n) is 9.02. The molecule has 8 nitrogen and oxygen atoms in total. The molecule has 2 N–H and O–H groups in total. The van der Waals surface area contributed by atoms with Crippen LogP contribution in [0.5, 0.6) is 0 Å². The Bertz CT molecular complexity index is 928. The predicted octanol–water partition coefficient (Wildman–Crippen LogP) is 2.79. The summed E-state index contributed by atoms with van der Waals surface area (Å²) in [6.45, 7) is 3.74. The van der Waals surface area contributed by atoms with Crippen LogP contribution in [0.15, 0.2) is 21.7 Å². The van der Waals surface area contributed by atoms with Gasteiger partial charge >= 0.3 is 17.8 Å². The van der Waals surface area contributed by atoms with Gasteiger partial charge in [0.2, 0.25) is 0 Å².